The van der Waals surface area contributed by atoms with E-state index in [1.807, 2.05) is 6.92 Å². The van der Waals surface area contributed by atoms with Crippen molar-refractivity contribution < 1.29 is 14.4 Å². The number of nitro benzene ring substituents is 1. The number of nitro groups is 1. The van der Waals surface area contributed by atoms with Gasteiger partial charge in [0.05, 0.1) is 11.5 Å². The molecule has 1 N–H and O–H groups in total. The molecule has 6 nitrogen and oxygen atoms in total. The van der Waals surface area contributed by atoms with Gasteiger partial charge in [-0.3, -0.25) is 10.1 Å². The van der Waals surface area contributed by atoms with Crippen molar-refractivity contribution in [3.05, 3.63) is 28.3 Å². The predicted molar refractivity (Wildman–Crippen MR) is 80.9 cm³/mol. The third-order valence-electron chi connectivity index (χ3n) is 3.82. The van der Waals surface area contributed by atoms with Crippen LogP contribution in [0.5, 0.6) is 5.75 Å². The van der Waals surface area contributed by atoms with Crippen LogP contribution in [-0.4, -0.2) is 30.8 Å². The van der Waals surface area contributed by atoms with Gasteiger partial charge in [-0.2, -0.15) is 0 Å². The minimum absolute atomic E-state index is 0.00104. The normalized spacial score (nSPS) is 17.2. The van der Waals surface area contributed by atoms with Crippen LogP contribution in [-0.2, 0) is 4.74 Å². The second kappa shape index (κ2) is 7.26. The van der Waals surface area contributed by atoms with E-state index in [0.29, 0.717) is 24.3 Å². The Hall–Kier alpha value is -1.82. The molecule has 0 radical (unpaired) electrons. The summed E-state index contributed by atoms with van der Waals surface area (Å²) in [6, 6.07) is 5.22. The molecule has 0 aromatic heterocycles. The van der Waals surface area contributed by atoms with E-state index in [-0.39, 0.29) is 5.69 Å². The maximum atomic E-state index is 11.0. The van der Waals surface area contributed by atoms with Gasteiger partial charge in [-0.05, 0) is 38.7 Å². The molecule has 1 saturated heterocycles. The molecule has 1 aromatic carbocycles. The molecule has 1 aliphatic rings. The smallest absolute Gasteiger partial charge is 0.311 e. The highest BCUT2D eigenvalue weighted by Gasteiger charge is 2.21. The summed E-state index contributed by atoms with van der Waals surface area (Å²) in [6.45, 7) is 5.97. The van der Waals surface area contributed by atoms with E-state index in [1.54, 1.807) is 12.1 Å². The first-order valence-corrected chi connectivity index (χ1v) is 7.37. The highest BCUT2D eigenvalue weighted by atomic mass is 16.6. The van der Waals surface area contributed by atoms with Crippen LogP contribution in [0.15, 0.2) is 18.2 Å². The van der Waals surface area contributed by atoms with Crippen molar-refractivity contribution in [3.63, 3.8) is 0 Å². The Balaban J connectivity index is 2.08. The monoisotopic (exact) mass is 294 g/mol. The summed E-state index contributed by atoms with van der Waals surface area (Å²) < 4.78 is 10.7. The predicted octanol–water partition coefficient (Wildman–Crippen LogP) is 3.22. The molecule has 1 fully saturated rings. The molecular weight excluding hydrogens is 272 g/mol. The number of benzene rings is 1. The van der Waals surface area contributed by atoms with Gasteiger partial charge in [-0.1, -0.05) is 0 Å². The number of anilines is 1. The lowest BCUT2D eigenvalue weighted by Crippen LogP contribution is -2.30. The molecule has 116 valence electrons. The number of rotatable bonds is 6. The zero-order valence-corrected chi connectivity index (χ0v) is 12.5. The van der Waals surface area contributed by atoms with Crippen molar-refractivity contribution in [3.8, 4) is 5.75 Å². The fourth-order valence-electron chi connectivity index (χ4n) is 2.62. The van der Waals surface area contributed by atoms with Crippen molar-refractivity contribution in [2.75, 3.05) is 25.1 Å². The van der Waals surface area contributed by atoms with E-state index >= 15 is 0 Å². The van der Waals surface area contributed by atoms with Gasteiger partial charge >= 0.3 is 5.69 Å². The third-order valence-corrected chi connectivity index (χ3v) is 3.82. The molecule has 0 aliphatic carbocycles. The second-order valence-electron chi connectivity index (χ2n) is 5.26. The molecule has 21 heavy (non-hydrogen) atoms. The third kappa shape index (κ3) is 4.07. The number of hydrogen-bond donors (Lipinski definition) is 1. The maximum absolute atomic E-state index is 11.0. The summed E-state index contributed by atoms with van der Waals surface area (Å²) in [7, 11) is 0. The van der Waals surface area contributed by atoms with Gasteiger partial charge in [0.1, 0.15) is 0 Å². The summed E-state index contributed by atoms with van der Waals surface area (Å²) in [5, 5.41) is 14.4. The molecule has 1 aliphatic heterocycles. The first kappa shape index (κ1) is 15.6. The molecule has 0 bridgehead atoms. The lowest BCUT2D eigenvalue weighted by Gasteiger charge is -2.29. The van der Waals surface area contributed by atoms with Crippen LogP contribution in [0.4, 0.5) is 11.4 Å². The van der Waals surface area contributed by atoms with Crippen molar-refractivity contribution in [1.29, 1.82) is 0 Å². The summed E-state index contributed by atoms with van der Waals surface area (Å²) >= 11 is 0. The van der Waals surface area contributed by atoms with Crippen LogP contribution in [0.2, 0.25) is 0 Å². The second-order valence-corrected chi connectivity index (χ2v) is 5.26. The molecular formula is C15H22N2O4. The number of ether oxygens (including phenoxy) is 2. The molecule has 0 saturated carbocycles. The molecule has 1 heterocycles. The van der Waals surface area contributed by atoms with E-state index in [1.165, 1.54) is 6.07 Å². The largest absolute Gasteiger partial charge is 0.487 e. The minimum atomic E-state index is -0.420. The Kier molecular flexibility index (Phi) is 5.38. The van der Waals surface area contributed by atoms with Gasteiger partial charge < -0.3 is 14.8 Å². The van der Waals surface area contributed by atoms with Crippen molar-refractivity contribution >= 4 is 11.4 Å². The average Bonchev–Trinajstić information content (AvgIpc) is 2.48. The first-order chi connectivity index (χ1) is 10.1. The van der Waals surface area contributed by atoms with E-state index < -0.39 is 4.92 Å². The molecule has 0 amide bonds. The maximum Gasteiger partial charge on any atom is 0.311 e. The first-order valence-electron chi connectivity index (χ1n) is 7.37. The molecule has 1 unspecified atom stereocenters. The van der Waals surface area contributed by atoms with E-state index in [4.69, 9.17) is 9.47 Å². The Bertz CT molecular complexity index is 487. The van der Waals surface area contributed by atoms with Gasteiger partial charge in [-0.25, -0.2) is 0 Å². The van der Waals surface area contributed by atoms with Crippen LogP contribution < -0.4 is 10.1 Å². The van der Waals surface area contributed by atoms with Gasteiger partial charge in [0.2, 0.25) is 0 Å². The van der Waals surface area contributed by atoms with Crippen LogP contribution in [0, 0.1) is 16.0 Å². The SMILES string of the molecule is CCOc1cc(NC(C)C2CCOCC2)ccc1[N+](=O)[O-]. The molecule has 0 spiro atoms. The number of hydrogen-bond acceptors (Lipinski definition) is 5. The Morgan fingerprint density at radius 2 is 2.19 bits per heavy atom. The lowest BCUT2D eigenvalue weighted by molar-refractivity contribution is -0.385. The zero-order valence-electron chi connectivity index (χ0n) is 12.5. The Morgan fingerprint density at radius 1 is 1.48 bits per heavy atom. The molecule has 1 aromatic rings. The topological polar surface area (TPSA) is 73.6 Å². The summed E-state index contributed by atoms with van der Waals surface area (Å²) in [6.07, 6.45) is 2.08. The van der Waals surface area contributed by atoms with Gasteiger partial charge in [-0.15, -0.1) is 0 Å². The summed E-state index contributed by atoms with van der Waals surface area (Å²) in [5.74, 6) is 0.871. The van der Waals surface area contributed by atoms with Crippen molar-refractivity contribution in [2.45, 2.75) is 32.7 Å². The van der Waals surface area contributed by atoms with Gasteiger partial charge in [0.25, 0.3) is 0 Å². The van der Waals surface area contributed by atoms with Crippen LogP contribution in [0.25, 0.3) is 0 Å². The highest BCUT2D eigenvalue weighted by molar-refractivity contribution is 5.58. The van der Waals surface area contributed by atoms with Crippen LogP contribution in [0.3, 0.4) is 0 Å². The minimum Gasteiger partial charge on any atom is -0.487 e. The quantitative estimate of drug-likeness (QED) is 0.644. The highest BCUT2D eigenvalue weighted by Crippen LogP contribution is 2.31. The summed E-state index contributed by atoms with van der Waals surface area (Å²) in [5.41, 5.74) is 0.851. The fourth-order valence-corrected chi connectivity index (χ4v) is 2.62. The lowest BCUT2D eigenvalue weighted by atomic mass is 9.93. The van der Waals surface area contributed by atoms with E-state index in [9.17, 15) is 10.1 Å². The number of nitrogens with one attached hydrogen (secondary N) is 1. The Labute approximate surface area is 124 Å². The average molecular weight is 294 g/mol. The number of nitrogens with zero attached hydrogens (tertiary/aromatic N) is 1. The van der Waals surface area contributed by atoms with Gasteiger partial charge in [0, 0.05) is 37.1 Å². The Morgan fingerprint density at radius 3 is 2.81 bits per heavy atom. The zero-order chi connectivity index (χ0) is 15.2. The van der Waals surface area contributed by atoms with Crippen LogP contribution >= 0.6 is 0 Å². The van der Waals surface area contributed by atoms with Crippen LogP contribution in [0.1, 0.15) is 26.7 Å². The van der Waals surface area contributed by atoms with Gasteiger partial charge in [0.15, 0.2) is 5.75 Å². The molecule has 1 atom stereocenters. The van der Waals surface area contributed by atoms with Crippen molar-refractivity contribution in [2.24, 2.45) is 5.92 Å². The molecule has 2 rings (SSSR count). The van der Waals surface area contributed by atoms with Crippen molar-refractivity contribution in [1.82, 2.24) is 0 Å². The summed E-state index contributed by atoms with van der Waals surface area (Å²) in [4.78, 5) is 10.5. The fraction of sp³-hybridized carbons (Fsp3) is 0.600. The van der Waals surface area contributed by atoms with E-state index in [0.717, 1.165) is 31.7 Å². The standard InChI is InChI=1S/C15H22N2O4/c1-3-21-15-10-13(4-5-14(15)17(18)19)16-11(2)12-6-8-20-9-7-12/h4-5,10-12,16H,3,6-9H2,1-2H3. The molecule has 6 heteroatoms. The van der Waals surface area contributed by atoms with E-state index in [2.05, 4.69) is 12.2 Å².